The van der Waals surface area contributed by atoms with Gasteiger partial charge in [0.1, 0.15) is 0 Å². The lowest BCUT2D eigenvalue weighted by Gasteiger charge is -2.18. The first-order valence-electron chi connectivity index (χ1n) is 8.33. The number of ether oxygens (including phenoxy) is 1. The van der Waals surface area contributed by atoms with Gasteiger partial charge >= 0.3 is 5.97 Å². The van der Waals surface area contributed by atoms with Crippen molar-refractivity contribution in [3.05, 3.63) is 36.5 Å². The third-order valence-electron chi connectivity index (χ3n) is 3.30. The molecular formula is C19H32O3. The molecule has 22 heavy (non-hydrogen) atoms. The maximum absolute atomic E-state index is 10.8. The highest BCUT2D eigenvalue weighted by Crippen LogP contribution is 2.08. The lowest BCUT2D eigenvalue weighted by Crippen LogP contribution is -2.34. The highest BCUT2D eigenvalue weighted by Gasteiger charge is 2.26. The summed E-state index contributed by atoms with van der Waals surface area (Å²) in [6.45, 7) is 5.67. The van der Waals surface area contributed by atoms with E-state index in [1.54, 1.807) is 13.8 Å². The molecule has 0 bridgehead atoms. The van der Waals surface area contributed by atoms with Crippen LogP contribution < -0.4 is 0 Å². The van der Waals surface area contributed by atoms with Crippen molar-refractivity contribution in [2.45, 2.75) is 71.3 Å². The molecule has 126 valence electrons. The molecule has 0 fully saturated rings. The minimum Gasteiger partial charge on any atom is -0.479 e. The van der Waals surface area contributed by atoms with E-state index in [2.05, 4.69) is 31.2 Å². The van der Waals surface area contributed by atoms with Crippen LogP contribution in [0.4, 0.5) is 0 Å². The number of unbranched alkanes of at least 4 members (excludes halogenated alkanes) is 4. The van der Waals surface area contributed by atoms with Crippen molar-refractivity contribution < 1.29 is 14.6 Å². The first-order valence-corrected chi connectivity index (χ1v) is 8.33. The fourth-order valence-corrected chi connectivity index (χ4v) is 1.72. The average molecular weight is 308 g/mol. The largest absolute Gasteiger partial charge is 0.479 e. The van der Waals surface area contributed by atoms with Crippen molar-refractivity contribution in [3.63, 3.8) is 0 Å². The van der Waals surface area contributed by atoms with E-state index < -0.39 is 11.6 Å². The van der Waals surface area contributed by atoms with Gasteiger partial charge in [0, 0.05) is 0 Å². The quantitative estimate of drug-likeness (QED) is 0.371. The minimum atomic E-state index is -1.12. The number of hydrogen-bond donors (Lipinski definition) is 1. The minimum absolute atomic E-state index is 0.337. The summed E-state index contributed by atoms with van der Waals surface area (Å²) >= 11 is 0. The van der Waals surface area contributed by atoms with Crippen LogP contribution in [0.5, 0.6) is 0 Å². The zero-order chi connectivity index (χ0) is 16.7. The highest BCUT2D eigenvalue weighted by atomic mass is 16.5. The Hall–Kier alpha value is -1.35. The lowest BCUT2D eigenvalue weighted by molar-refractivity contribution is -0.159. The van der Waals surface area contributed by atoms with Gasteiger partial charge in [0.15, 0.2) is 5.60 Å². The molecule has 0 radical (unpaired) electrons. The molecule has 0 atom stereocenters. The number of carbonyl (C=O) groups is 1. The van der Waals surface area contributed by atoms with E-state index in [4.69, 9.17) is 9.84 Å². The topological polar surface area (TPSA) is 46.5 Å². The van der Waals surface area contributed by atoms with Crippen molar-refractivity contribution in [1.29, 1.82) is 0 Å². The van der Waals surface area contributed by atoms with Gasteiger partial charge in [0.25, 0.3) is 0 Å². The molecule has 1 N–H and O–H groups in total. The maximum Gasteiger partial charge on any atom is 0.335 e. The van der Waals surface area contributed by atoms with Crippen molar-refractivity contribution in [1.82, 2.24) is 0 Å². The van der Waals surface area contributed by atoms with E-state index in [0.29, 0.717) is 6.61 Å². The van der Waals surface area contributed by atoms with Gasteiger partial charge in [0.2, 0.25) is 0 Å². The molecule has 0 spiro atoms. The first-order chi connectivity index (χ1) is 10.5. The van der Waals surface area contributed by atoms with Gasteiger partial charge < -0.3 is 9.84 Å². The van der Waals surface area contributed by atoms with E-state index in [1.807, 2.05) is 12.2 Å². The van der Waals surface area contributed by atoms with Gasteiger partial charge in [-0.2, -0.15) is 0 Å². The molecule has 0 aliphatic rings. The molecule has 0 aliphatic carbocycles. The highest BCUT2D eigenvalue weighted by molar-refractivity contribution is 5.76. The smallest absolute Gasteiger partial charge is 0.335 e. The Kier molecular flexibility index (Phi) is 12.5. The molecule has 0 saturated carbocycles. The summed E-state index contributed by atoms with van der Waals surface area (Å²) in [4.78, 5) is 10.8. The summed E-state index contributed by atoms with van der Waals surface area (Å²) in [5.74, 6) is -0.938. The standard InChI is InChI=1S/C19H32O3/c1-4-5-6-7-8-9-10-11-12-13-14-15-16-17-22-19(2,3)18(20)21/h8-9,11-12,15-16H,4-7,10,13-14,17H2,1-3H3,(H,20,21)/b9-8-,12-11-,16-15+. The average Bonchev–Trinajstić information content (AvgIpc) is 2.47. The summed E-state index contributed by atoms with van der Waals surface area (Å²) in [6, 6.07) is 0. The summed E-state index contributed by atoms with van der Waals surface area (Å²) in [5.41, 5.74) is -1.12. The van der Waals surface area contributed by atoms with Crippen LogP contribution in [-0.4, -0.2) is 23.3 Å². The monoisotopic (exact) mass is 308 g/mol. The zero-order valence-corrected chi connectivity index (χ0v) is 14.4. The number of allylic oxidation sites excluding steroid dienone is 5. The number of rotatable bonds is 13. The molecule has 0 aliphatic heterocycles. The van der Waals surface area contributed by atoms with Crippen molar-refractivity contribution in [3.8, 4) is 0 Å². The number of aliphatic carboxylic acids is 1. The van der Waals surface area contributed by atoms with Crippen molar-refractivity contribution in [2.24, 2.45) is 0 Å². The maximum atomic E-state index is 10.8. The first kappa shape index (κ1) is 20.6. The van der Waals surface area contributed by atoms with Crippen LogP contribution in [0.3, 0.4) is 0 Å². The summed E-state index contributed by atoms with van der Waals surface area (Å²) < 4.78 is 5.28. The van der Waals surface area contributed by atoms with Gasteiger partial charge in [-0.1, -0.05) is 56.2 Å². The molecular weight excluding hydrogens is 276 g/mol. The van der Waals surface area contributed by atoms with Crippen LogP contribution in [-0.2, 0) is 9.53 Å². The van der Waals surface area contributed by atoms with Crippen molar-refractivity contribution >= 4 is 5.97 Å². The molecule has 0 rings (SSSR count). The summed E-state index contributed by atoms with van der Waals surface area (Å²) in [6.07, 6.45) is 20.8. The van der Waals surface area contributed by atoms with Crippen LogP contribution >= 0.6 is 0 Å². The molecule has 0 aromatic carbocycles. The van der Waals surface area contributed by atoms with Gasteiger partial charge in [-0.25, -0.2) is 4.79 Å². The summed E-state index contributed by atoms with van der Waals surface area (Å²) in [7, 11) is 0. The van der Waals surface area contributed by atoms with Crippen LogP contribution in [0.2, 0.25) is 0 Å². The Morgan fingerprint density at radius 3 is 2.14 bits per heavy atom. The molecule has 0 heterocycles. The predicted octanol–water partition coefficient (Wildman–Crippen LogP) is 5.29. The fraction of sp³-hybridized carbons (Fsp3) is 0.632. The Labute approximate surface area is 135 Å². The second-order valence-electron chi connectivity index (χ2n) is 5.85. The van der Waals surface area contributed by atoms with Gasteiger partial charge in [-0.15, -0.1) is 0 Å². The van der Waals surface area contributed by atoms with Crippen LogP contribution in [0.15, 0.2) is 36.5 Å². The van der Waals surface area contributed by atoms with E-state index in [0.717, 1.165) is 19.3 Å². The van der Waals surface area contributed by atoms with Crippen LogP contribution in [0.25, 0.3) is 0 Å². The fourth-order valence-electron chi connectivity index (χ4n) is 1.72. The van der Waals surface area contributed by atoms with Crippen LogP contribution in [0, 0.1) is 0 Å². The number of carboxylic acids is 1. The third-order valence-corrected chi connectivity index (χ3v) is 3.30. The lowest BCUT2D eigenvalue weighted by atomic mass is 10.1. The predicted molar refractivity (Wildman–Crippen MR) is 93.1 cm³/mol. The number of hydrogen-bond acceptors (Lipinski definition) is 2. The van der Waals surface area contributed by atoms with Crippen molar-refractivity contribution in [2.75, 3.05) is 6.61 Å². The Balaban J connectivity index is 3.54. The van der Waals surface area contributed by atoms with Crippen LogP contribution in [0.1, 0.15) is 65.7 Å². The van der Waals surface area contributed by atoms with Gasteiger partial charge in [-0.3, -0.25) is 0 Å². The third kappa shape index (κ3) is 12.4. The molecule has 0 aromatic heterocycles. The molecule has 0 saturated heterocycles. The van der Waals surface area contributed by atoms with Gasteiger partial charge in [0.05, 0.1) is 6.61 Å². The Morgan fingerprint density at radius 1 is 0.955 bits per heavy atom. The normalized spacial score (nSPS) is 12.9. The Bertz CT molecular complexity index is 365. The zero-order valence-electron chi connectivity index (χ0n) is 14.4. The second-order valence-corrected chi connectivity index (χ2v) is 5.85. The molecule has 0 amide bonds. The van der Waals surface area contributed by atoms with E-state index >= 15 is 0 Å². The molecule has 0 aromatic rings. The Morgan fingerprint density at radius 2 is 1.55 bits per heavy atom. The van der Waals surface area contributed by atoms with E-state index in [9.17, 15) is 4.79 Å². The van der Waals surface area contributed by atoms with E-state index in [1.165, 1.54) is 25.7 Å². The second kappa shape index (κ2) is 13.3. The SMILES string of the molecule is CCCCC/C=C\C/C=C\CC/C=C/COC(C)(C)C(=O)O. The number of carboxylic acid groups (broad SMARTS) is 1. The molecule has 3 heteroatoms. The van der Waals surface area contributed by atoms with E-state index in [-0.39, 0.29) is 0 Å². The summed E-state index contributed by atoms with van der Waals surface area (Å²) in [5, 5.41) is 8.88. The molecule has 3 nitrogen and oxygen atoms in total. The van der Waals surface area contributed by atoms with Gasteiger partial charge in [-0.05, 0) is 46.0 Å². The molecule has 0 unspecified atom stereocenters.